The molecule has 8 atom stereocenters. The van der Waals surface area contributed by atoms with E-state index in [0.717, 1.165) is 44.4 Å². The molecule has 0 aromatic carbocycles. The van der Waals surface area contributed by atoms with Crippen molar-refractivity contribution in [2.24, 2.45) is 5.92 Å². The molecule has 0 aliphatic carbocycles. The van der Waals surface area contributed by atoms with E-state index in [1.54, 1.807) is 6.08 Å². The van der Waals surface area contributed by atoms with Crippen molar-refractivity contribution in [3.63, 3.8) is 0 Å². The number of allylic oxidation sites excluding steroid dienone is 1. The summed E-state index contributed by atoms with van der Waals surface area (Å²) < 4.78 is 11.2. The van der Waals surface area contributed by atoms with Crippen LogP contribution in [-0.4, -0.2) is 87.5 Å². The molecule has 0 saturated carbocycles. The summed E-state index contributed by atoms with van der Waals surface area (Å²) in [6.07, 6.45) is 26.8. The SMILES string of the molecule is CCCCCCCCCCCCCCCCCC(=O)NC(COC1OC(CO)C(O)C(O)C1O)C(O)C=CCCCCCCCCCC(C)CC. The molecule has 302 valence electrons. The molecule has 1 amide bonds. The van der Waals surface area contributed by atoms with E-state index in [4.69, 9.17) is 9.47 Å². The number of hydrogen-bond acceptors (Lipinski definition) is 8. The average Bonchev–Trinajstić information content (AvgIpc) is 3.13. The van der Waals surface area contributed by atoms with Crippen LogP contribution in [-0.2, 0) is 14.3 Å². The summed E-state index contributed by atoms with van der Waals surface area (Å²) in [5, 5.41) is 54.0. The number of rotatable bonds is 34. The first-order chi connectivity index (χ1) is 24.7. The molecule has 9 heteroatoms. The molecule has 6 N–H and O–H groups in total. The van der Waals surface area contributed by atoms with Crippen LogP contribution in [0.2, 0.25) is 0 Å². The molecule has 1 rings (SSSR count). The largest absolute Gasteiger partial charge is 0.394 e. The summed E-state index contributed by atoms with van der Waals surface area (Å²) in [7, 11) is 0. The van der Waals surface area contributed by atoms with E-state index < -0.39 is 49.5 Å². The summed E-state index contributed by atoms with van der Waals surface area (Å²) in [4.78, 5) is 12.9. The van der Waals surface area contributed by atoms with Crippen molar-refractivity contribution in [3.05, 3.63) is 12.2 Å². The highest BCUT2D eigenvalue weighted by Gasteiger charge is 2.44. The Labute approximate surface area is 312 Å². The number of amides is 1. The lowest BCUT2D eigenvalue weighted by molar-refractivity contribution is -0.302. The van der Waals surface area contributed by atoms with Gasteiger partial charge in [0.15, 0.2) is 6.29 Å². The summed E-state index contributed by atoms with van der Waals surface area (Å²) in [5.41, 5.74) is 0. The van der Waals surface area contributed by atoms with Crippen LogP contribution in [0.15, 0.2) is 12.2 Å². The zero-order valence-electron chi connectivity index (χ0n) is 33.0. The molecule has 0 spiro atoms. The second kappa shape index (κ2) is 32.4. The smallest absolute Gasteiger partial charge is 0.220 e. The van der Waals surface area contributed by atoms with Crippen LogP contribution >= 0.6 is 0 Å². The first kappa shape index (κ1) is 48.0. The number of aliphatic hydroxyl groups excluding tert-OH is 5. The second-order valence-corrected chi connectivity index (χ2v) is 15.4. The van der Waals surface area contributed by atoms with E-state index >= 15 is 0 Å². The maximum atomic E-state index is 12.9. The number of hydrogen-bond donors (Lipinski definition) is 6. The van der Waals surface area contributed by atoms with Gasteiger partial charge in [0.05, 0.1) is 25.4 Å². The third-order valence-corrected chi connectivity index (χ3v) is 10.7. The van der Waals surface area contributed by atoms with E-state index in [1.165, 1.54) is 122 Å². The molecule has 9 nitrogen and oxygen atoms in total. The Bertz CT molecular complexity index is 827. The average molecular weight is 728 g/mol. The maximum Gasteiger partial charge on any atom is 0.220 e. The van der Waals surface area contributed by atoms with Gasteiger partial charge >= 0.3 is 0 Å². The van der Waals surface area contributed by atoms with E-state index in [9.17, 15) is 30.3 Å². The van der Waals surface area contributed by atoms with Crippen molar-refractivity contribution in [2.45, 2.75) is 231 Å². The van der Waals surface area contributed by atoms with Gasteiger partial charge in [0.2, 0.25) is 5.91 Å². The zero-order chi connectivity index (χ0) is 37.5. The number of carbonyl (C=O) groups excluding carboxylic acids is 1. The molecule has 1 aliphatic rings. The van der Waals surface area contributed by atoms with Crippen LogP contribution in [0.1, 0.15) is 188 Å². The first-order valence-corrected chi connectivity index (χ1v) is 21.3. The molecule has 0 aromatic rings. The Balaban J connectivity index is 2.40. The summed E-state index contributed by atoms with van der Waals surface area (Å²) in [6.45, 7) is 6.10. The van der Waals surface area contributed by atoms with Crippen LogP contribution < -0.4 is 5.32 Å². The van der Waals surface area contributed by atoms with Gasteiger partial charge in [-0.1, -0.05) is 174 Å². The number of carbonyl (C=O) groups is 1. The fourth-order valence-electron chi connectivity index (χ4n) is 6.78. The molecular weight excluding hydrogens is 646 g/mol. The molecule has 51 heavy (non-hydrogen) atoms. The summed E-state index contributed by atoms with van der Waals surface area (Å²) in [5.74, 6) is 0.654. The van der Waals surface area contributed by atoms with Crippen LogP contribution in [0.5, 0.6) is 0 Å². The molecule has 0 bridgehead atoms. The van der Waals surface area contributed by atoms with E-state index in [2.05, 4.69) is 26.1 Å². The van der Waals surface area contributed by atoms with Crippen LogP contribution in [0.4, 0.5) is 0 Å². The predicted octanol–water partition coefficient (Wildman–Crippen LogP) is 8.02. The van der Waals surface area contributed by atoms with Crippen molar-refractivity contribution >= 4 is 5.91 Å². The third-order valence-electron chi connectivity index (χ3n) is 10.7. The van der Waals surface area contributed by atoms with Crippen molar-refractivity contribution in [1.82, 2.24) is 5.32 Å². The monoisotopic (exact) mass is 728 g/mol. The van der Waals surface area contributed by atoms with Gasteiger partial charge < -0.3 is 40.3 Å². The zero-order valence-corrected chi connectivity index (χ0v) is 33.0. The number of nitrogens with one attached hydrogen (secondary N) is 1. The van der Waals surface area contributed by atoms with Crippen molar-refractivity contribution in [2.75, 3.05) is 13.2 Å². The molecule has 1 aliphatic heterocycles. The topological polar surface area (TPSA) is 149 Å². The van der Waals surface area contributed by atoms with E-state index in [-0.39, 0.29) is 12.5 Å². The van der Waals surface area contributed by atoms with E-state index in [1.807, 2.05) is 6.08 Å². The molecule has 1 fully saturated rings. The highest BCUT2D eigenvalue weighted by molar-refractivity contribution is 5.76. The van der Waals surface area contributed by atoms with Crippen molar-refractivity contribution < 1.29 is 39.8 Å². The summed E-state index contributed by atoms with van der Waals surface area (Å²) in [6, 6.07) is -0.798. The van der Waals surface area contributed by atoms with Crippen LogP contribution in [0, 0.1) is 5.92 Å². The Kier molecular flexibility index (Phi) is 30.4. The Morgan fingerprint density at radius 1 is 0.725 bits per heavy atom. The van der Waals surface area contributed by atoms with Crippen molar-refractivity contribution in [3.8, 4) is 0 Å². The Morgan fingerprint density at radius 3 is 1.76 bits per heavy atom. The van der Waals surface area contributed by atoms with E-state index in [0.29, 0.717) is 6.42 Å². The van der Waals surface area contributed by atoms with Crippen LogP contribution in [0.3, 0.4) is 0 Å². The molecular formula is C42H81NO8. The van der Waals surface area contributed by atoms with Gasteiger partial charge in [0, 0.05) is 6.42 Å². The third kappa shape index (κ3) is 24.1. The summed E-state index contributed by atoms with van der Waals surface area (Å²) >= 11 is 0. The van der Waals surface area contributed by atoms with Gasteiger partial charge in [-0.05, 0) is 25.2 Å². The van der Waals surface area contributed by atoms with Gasteiger partial charge in [-0.25, -0.2) is 0 Å². The maximum absolute atomic E-state index is 12.9. The number of ether oxygens (including phenoxy) is 2. The van der Waals surface area contributed by atoms with Gasteiger partial charge in [0.1, 0.15) is 24.4 Å². The number of aliphatic hydroxyl groups is 5. The fraction of sp³-hybridized carbons (Fsp3) is 0.929. The van der Waals surface area contributed by atoms with Crippen LogP contribution in [0.25, 0.3) is 0 Å². The van der Waals surface area contributed by atoms with Gasteiger partial charge in [-0.15, -0.1) is 0 Å². The van der Waals surface area contributed by atoms with Gasteiger partial charge in [-0.2, -0.15) is 0 Å². The van der Waals surface area contributed by atoms with Crippen molar-refractivity contribution in [1.29, 1.82) is 0 Å². The normalized spacial score (nSPS) is 22.7. The number of unbranched alkanes of at least 4 members (excludes halogenated alkanes) is 21. The molecule has 8 unspecified atom stereocenters. The standard InChI is InChI=1S/C42H81NO8/c1-4-6-7-8-9-10-11-12-13-14-15-19-22-25-28-31-38(46)43-35(33-50-42-41(49)40(48)39(47)37(32-44)51-42)36(45)30-27-24-21-18-16-17-20-23-26-29-34(3)5-2/h27,30,34-37,39-42,44-45,47-49H,4-26,28-29,31-33H2,1-3H3,(H,43,46). The minimum absolute atomic E-state index is 0.177. The molecule has 1 heterocycles. The molecule has 1 saturated heterocycles. The van der Waals surface area contributed by atoms with Gasteiger partial charge in [-0.3, -0.25) is 4.79 Å². The second-order valence-electron chi connectivity index (χ2n) is 15.4. The minimum Gasteiger partial charge on any atom is -0.394 e. The Hall–Kier alpha value is -1.07. The molecule has 0 aromatic heterocycles. The predicted molar refractivity (Wildman–Crippen MR) is 207 cm³/mol. The fourth-order valence-corrected chi connectivity index (χ4v) is 6.78. The quantitative estimate of drug-likeness (QED) is 0.0288. The minimum atomic E-state index is -1.56. The highest BCUT2D eigenvalue weighted by atomic mass is 16.7. The first-order valence-electron chi connectivity index (χ1n) is 21.3. The lowest BCUT2D eigenvalue weighted by Crippen LogP contribution is -2.60. The lowest BCUT2D eigenvalue weighted by Gasteiger charge is -2.40. The Morgan fingerprint density at radius 2 is 1.24 bits per heavy atom. The highest BCUT2D eigenvalue weighted by Crippen LogP contribution is 2.23. The van der Waals surface area contributed by atoms with Gasteiger partial charge in [0.25, 0.3) is 0 Å². The lowest BCUT2D eigenvalue weighted by atomic mass is 9.99. The molecule has 0 radical (unpaired) electrons.